The van der Waals surface area contributed by atoms with Crippen molar-refractivity contribution in [3.63, 3.8) is 0 Å². The van der Waals surface area contributed by atoms with Gasteiger partial charge in [-0.15, -0.1) is 11.3 Å². The van der Waals surface area contributed by atoms with E-state index in [1.165, 1.54) is 11.3 Å². The number of nitrogens with one attached hydrogen (secondary N) is 1. The molecule has 1 N–H and O–H groups in total. The molecule has 0 atom stereocenters. The van der Waals surface area contributed by atoms with Gasteiger partial charge in [0.2, 0.25) is 0 Å². The largest absolute Gasteiger partial charge is 0.351 e. The molecule has 2 heterocycles. The number of nitrogens with zero attached hydrogens (tertiary/aromatic N) is 2. The summed E-state index contributed by atoms with van der Waals surface area (Å²) in [4.78, 5) is 16.8. The lowest BCUT2D eigenvalue weighted by molar-refractivity contribution is 0.0958. The maximum absolute atomic E-state index is 11.9. The Labute approximate surface area is 118 Å². The topological polar surface area (TPSA) is 46.9 Å². The monoisotopic (exact) mass is 327 g/mol. The number of hydrogen-bond donors (Lipinski definition) is 1. The van der Waals surface area contributed by atoms with Gasteiger partial charge < -0.3 is 9.88 Å². The first-order chi connectivity index (χ1) is 8.58. The third-order valence-electron chi connectivity index (χ3n) is 2.64. The fourth-order valence-electron chi connectivity index (χ4n) is 1.58. The zero-order chi connectivity index (χ0) is 13.1. The zero-order valence-electron chi connectivity index (χ0n) is 10.2. The lowest BCUT2D eigenvalue weighted by Gasteiger charge is -2.03. The highest BCUT2D eigenvalue weighted by Gasteiger charge is 2.10. The molecule has 0 unspecified atom stereocenters. The molecule has 0 aliphatic heterocycles. The van der Waals surface area contributed by atoms with Gasteiger partial charge in [0, 0.05) is 32.4 Å². The Balaban J connectivity index is 1.87. The van der Waals surface area contributed by atoms with E-state index >= 15 is 0 Å². The molecule has 0 bridgehead atoms. The minimum atomic E-state index is -0.0250. The number of thiophene rings is 1. The van der Waals surface area contributed by atoms with Crippen molar-refractivity contribution in [1.29, 1.82) is 0 Å². The Morgan fingerprint density at radius 3 is 2.94 bits per heavy atom. The Morgan fingerprint density at radius 2 is 2.39 bits per heavy atom. The average molecular weight is 328 g/mol. The van der Waals surface area contributed by atoms with E-state index in [9.17, 15) is 4.79 Å². The van der Waals surface area contributed by atoms with E-state index in [1.807, 2.05) is 30.8 Å². The summed E-state index contributed by atoms with van der Waals surface area (Å²) < 4.78 is 2.97. The zero-order valence-corrected chi connectivity index (χ0v) is 12.6. The summed E-state index contributed by atoms with van der Waals surface area (Å²) in [6.07, 6.45) is 4.40. The highest BCUT2D eigenvalue weighted by atomic mass is 79.9. The fourth-order valence-corrected chi connectivity index (χ4v) is 3.04. The average Bonchev–Trinajstić information content (AvgIpc) is 2.87. The molecule has 0 radical (unpaired) electrons. The van der Waals surface area contributed by atoms with E-state index in [0.717, 1.165) is 26.5 Å². The summed E-state index contributed by atoms with van der Waals surface area (Å²) in [5.41, 5.74) is 1.09. The van der Waals surface area contributed by atoms with Crippen LogP contribution >= 0.6 is 27.3 Å². The van der Waals surface area contributed by atoms with Gasteiger partial charge in [0.25, 0.3) is 5.91 Å². The Kier molecular flexibility index (Phi) is 4.19. The van der Waals surface area contributed by atoms with Crippen LogP contribution in [0.5, 0.6) is 0 Å². The number of aromatic nitrogens is 2. The Bertz CT molecular complexity index is 542. The Morgan fingerprint density at radius 1 is 1.61 bits per heavy atom. The number of rotatable bonds is 4. The molecule has 0 aromatic carbocycles. The van der Waals surface area contributed by atoms with Crippen LogP contribution in [0.15, 0.2) is 22.2 Å². The normalized spacial score (nSPS) is 10.6. The summed E-state index contributed by atoms with van der Waals surface area (Å²) in [5.74, 6) is 0.946. The Hall–Kier alpha value is -1.14. The predicted molar refractivity (Wildman–Crippen MR) is 76.0 cm³/mol. The highest BCUT2D eigenvalue weighted by Crippen LogP contribution is 2.27. The molecule has 18 heavy (non-hydrogen) atoms. The second-order valence-corrected chi connectivity index (χ2v) is 6.40. The van der Waals surface area contributed by atoms with Crippen LogP contribution in [-0.2, 0) is 13.5 Å². The van der Waals surface area contributed by atoms with Crippen molar-refractivity contribution in [1.82, 2.24) is 14.9 Å². The van der Waals surface area contributed by atoms with E-state index < -0.39 is 0 Å². The number of aryl methyl sites for hydroxylation is 2. The van der Waals surface area contributed by atoms with Crippen LogP contribution in [0.4, 0.5) is 0 Å². The van der Waals surface area contributed by atoms with E-state index in [4.69, 9.17) is 0 Å². The van der Waals surface area contributed by atoms with Crippen LogP contribution in [0.1, 0.15) is 21.1 Å². The van der Waals surface area contributed by atoms with Crippen LogP contribution < -0.4 is 5.32 Å². The molecular weight excluding hydrogens is 314 g/mol. The van der Waals surface area contributed by atoms with Crippen LogP contribution in [0, 0.1) is 6.92 Å². The van der Waals surface area contributed by atoms with Crippen molar-refractivity contribution >= 4 is 33.2 Å². The molecule has 0 spiro atoms. The second-order valence-electron chi connectivity index (χ2n) is 4.03. The van der Waals surface area contributed by atoms with Gasteiger partial charge >= 0.3 is 0 Å². The van der Waals surface area contributed by atoms with Gasteiger partial charge in [0.1, 0.15) is 5.82 Å². The maximum atomic E-state index is 11.9. The van der Waals surface area contributed by atoms with Crippen molar-refractivity contribution in [3.05, 3.63) is 38.5 Å². The molecule has 0 aliphatic carbocycles. The smallest absolute Gasteiger partial charge is 0.261 e. The first kappa shape index (κ1) is 13.3. The highest BCUT2D eigenvalue weighted by molar-refractivity contribution is 9.11. The van der Waals surface area contributed by atoms with Gasteiger partial charge in [-0.25, -0.2) is 4.98 Å². The summed E-state index contributed by atoms with van der Waals surface area (Å²) in [6, 6.07) is 1.89. The summed E-state index contributed by atoms with van der Waals surface area (Å²) in [7, 11) is 1.95. The molecule has 96 valence electrons. The molecule has 1 amide bonds. The third kappa shape index (κ3) is 3.00. The minimum Gasteiger partial charge on any atom is -0.351 e. The molecule has 0 saturated carbocycles. The van der Waals surface area contributed by atoms with E-state index in [1.54, 1.807) is 6.20 Å². The predicted octanol–water partition coefficient (Wildman–Crippen LogP) is 2.53. The first-order valence-corrected chi connectivity index (χ1v) is 7.19. The standard InChI is InChI=1S/C12H14BrN3OS/c1-8-7-9(18-11(8)13)12(17)15-4-3-10-14-5-6-16(10)2/h5-7H,3-4H2,1-2H3,(H,15,17). The molecule has 0 fully saturated rings. The van der Waals surface area contributed by atoms with Crippen LogP contribution in [0.3, 0.4) is 0 Å². The number of hydrogen-bond acceptors (Lipinski definition) is 3. The number of carbonyl (C=O) groups is 1. The molecule has 2 aromatic heterocycles. The second kappa shape index (κ2) is 5.67. The molecule has 0 saturated heterocycles. The fraction of sp³-hybridized carbons (Fsp3) is 0.333. The van der Waals surface area contributed by atoms with Gasteiger partial charge in [-0.1, -0.05) is 0 Å². The number of carbonyl (C=O) groups excluding carboxylic acids is 1. The molecule has 0 aliphatic rings. The number of halogens is 1. The van der Waals surface area contributed by atoms with Crippen molar-refractivity contribution < 1.29 is 4.79 Å². The van der Waals surface area contributed by atoms with Crippen molar-refractivity contribution in [2.45, 2.75) is 13.3 Å². The molecule has 6 heteroatoms. The maximum Gasteiger partial charge on any atom is 0.261 e. The van der Waals surface area contributed by atoms with Crippen LogP contribution in [0.2, 0.25) is 0 Å². The summed E-state index contributed by atoms with van der Waals surface area (Å²) in [6.45, 7) is 2.57. The lowest BCUT2D eigenvalue weighted by Crippen LogP contribution is -2.25. The van der Waals surface area contributed by atoms with E-state index in [-0.39, 0.29) is 5.91 Å². The quantitative estimate of drug-likeness (QED) is 0.937. The van der Waals surface area contributed by atoms with Crippen molar-refractivity contribution in [3.8, 4) is 0 Å². The SMILES string of the molecule is Cc1cc(C(=O)NCCc2nccn2C)sc1Br. The summed E-state index contributed by atoms with van der Waals surface area (Å²) >= 11 is 4.88. The molecule has 2 rings (SSSR count). The van der Waals surface area contributed by atoms with Gasteiger partial charge in [-0.2, -0.15) is 0 Å². The third-order valence-corrected chi connectivity index (χ3v) is 4.77. The minimum absolute atomic E-state index is 0.0250. The van der Waals surface area contributed by atoms with Crippen molar-refractivity contribution in [2.75, 3.05) is 6.54 Å². The van der Waals surface area contributed by atoms with Gasteiger partial charge in [0.05, 0.1) is 8.66 Å². The molecule has 2 aromatic rings. The molecular formula is C12H14BrN3OS. The van der Waals surface area contributed by atoms with Gasteiger partial charge in [-0.05, 0) is 34.5 Å². The number of imidazole rings is 1. The van der Waals surface area contributed by atoms with Gasteiger partial charge in [0.15, 0.2) is 0 Å². The lowest BCUT2D eigenvalue weighted by atomic mass is 10.3. The van der Waals surface area contributed by atoms with E-state index in [2.05, 4.69) is 26.2 Å². The van der Waals surface area contributed by atoms with E-state index in [0.29, 0.717) is 6.54 Å². The van der Waals surface area contributed by atoms with Crippen molar-refractivity contribution in [2.24, 2.45) is 7.05 Å². The van der Waals surface area contributed by atoms with Crippen LogP contribution in [0.25, 0.3) is 0 Å². The molecule has 4 nitrogen and oxygen atoms in total. The summed E-state index contributed by atoms with van der Waals surface area (Å²) in [5, 5.41) is 2.90. The number of amides is 1. The van der Waals surface area contributed by atoms with Gasteiger partial charge in [-0.3, -0.25) is 4.79 Å². The van der Waals surface area contributed by atoms with Crippen LogP contribution in [-0.4, -0.2) is 22.0 Å². The first-order valence-electron chi connectivity index (χ1n) is 5.58.